The Balaban J connectivity index is 2.03. The molecule has 1 atom stereocenters. The first kappa shape index (κ1) is 8.75. The van der Waals surface area contributed by atoms with Gasteiger partial charge in [-0.1, -0.05) is 12.1 Å². The van der Waals surface area contributed by atoms with Crippen molar-refractivity contribution in [2.24, 2.45) is 0 Å². The molecule has 1 unspecified atom stereocenters. The number of nitrogens with one attached hydrogen (secondary N) is 1. The predicted molar refractivity (Wildman–Crippen MR) is 50.5 cm³/mol. The van der Waals surface area contributed by atoms with Crippen LogP contribution in [0.4, 0.5) is 0 Å². The van der Waals surface area contributed by atoms with Crippen LogP contribution in [0.1, 0.15) is 43.7 Å². The number of hydrogen-bond acceptors (Lipinski definition) is 3. The van der Waals surface area contributed by atoms with Gasteiger partial charge in [-0.25, -0.2) is 0 Å². The third-order valence-corrected chi connectivity index (χ3v) is 2.49. The van der Waals surface area contributed by atoms with Crippen LogP contribution < -0.4 is 5.32 Å². The lowest BCUT2D eigenvalue weighted by Gasteiger charge is -2.02. The van der Waals surface area contributed by atoms with Crippen molar-refractivity contribution in [1.82, 2.24) is 10.5 Å². The average Bonchev–Trinajstić information content (AvgIpc) is 2.70. The molecular formula is C10H16N2O. The monoisotopic (exact) mass is 180 g/mol. The van der Waals surface area contributed by atoms with E-state index < -0.39 is 0 Å². The third kappa shape index (κ3) is 1.91. The van der Waals surface area contributed by atoms with Crippen molar-refractivity contribution >= 4 is 0 Å². The molecule has 0 bridgehead atoms. The minimum absolute atomic E-state index is 0.439. The van der Waals surface area contributed by atoms with E-state index in [-0.39, 0.29) is 0 Å². The Kier molecular flexibility index (Phi) is 2.64. The molecule has 0 aliphatic carbocycles. The van der Waals surface area contributed by atoms with Gasteiger partial charge in [0.05, 0.1) is 6.04 Å². The second kappa shape index (κ2) is 3.92. The maximum atomic E-state index is 5.23. The molecule has 1 saturated heterocycles. The van der Waals surface area contributed by atoms with Gasteiger partial charge in [-0.3, -0.25) is 0 Å². The van der Waals surface area contributed by atoms with Crippen molar-refractivity contribution in [3.63, 3.8) is 0 Å². The summed E-state index contributed by atoms with van der Waals surface area (Å²) in [5.41, 5.74) is 1.08. The molecule has 0 saturated carbocycles. The van der Waals surface area contributed by atoms with Crippen LogP contribution >= 0.6 is 0 Å². The fourth-order valence-corrected chi connectivity index (χ4v) is 1.79. The Bertz CT molecular complexity index is 264. The van der Waals surface area contributed by atoms with Crippen molar-refractivity contribution < 1.29 is 4.52 Å². The molecule has 1 aromatic rings. The van der Waals surface area contributed by atoms with Gasteiger partial charge >= 0.3 is 0 Å². The maximum absolute atomic E-state index is 5.23. The summed E-state index contributed by atoms with van der Waals surface area (Å²) in [6, 6.07) is 2.53. The maximum Gasteiger partial charge on any atom is 0.137 e. The van der Waals surface area contributed by atoms with E-state index in [4.69, 9.17) is 4.52 Å². The lowest BCUT2D eigenvalue weighted by molar-refractivity contribution is 0.369. The lowest BCUT2D eigenvalue weighted by Crippen LogP contribution is -2.12. The number of aromatic nitrogens is 1. The van der Waals surface area contributed by atoms with E-state index in [9.17, 15) is 0 Å². The summed E-state index contributed by atoms with van der Waals surface area (Å²) in [5, 5.41) is 7.49. The van der Waals surface area contributed by atoms with Crippen LogP contribution in [-0.2, 0) is 6.42 Å². The zero-order chi connectivity index (χ0) is 9.10. The average molecular weight is 180 g/mol. The Labute approximate surface area is 78.5 Å². The molecule has 0 spiro atoms. The number of aryl methyl sites for hydroxylation is 1. The zero-order valence-electron chi connectivity index (χ0n) is 8.05. The third-order valence-electron chi connectivity index (χ3n) is 2.49. The summed E-state index contributed by atoms with van der Waals surface area (Å²) in [7, 11) is 0. The predicted octanol–water partition coefficient (Wildman–Crippen LogP) is 2.05. The highest BCUT2D eigenvalue weighted by molar-refractivity contribution is 5.11. The first-order chi connectivity index (χ1) is 6.40. The van der Waals surface area contributed by atoms with Crippen LogP contribution in [-0.4, -0.2) is 11.7 Å². The summed E-state index contributed by atoms with van der Waals surface area (Å²) < 4.78 is 5.23. The minimum Gasteiger partial charge on any atom is -0.361 e. The highest BCUT2D eigenvalue weighted by atomic mass is 16.5. The molecule has 3 nitrogen and oxygen atoms in total. The molecule has 72 valence electrons. The molecule has 0 radical (unpaired) electrons. The van der Waals surface area contributed by atoms with Crippen LogP contribution in [0.3, 0.4) is 0 Å². The number of hydrogen-bond donors (Lipinski definition) is 1. The van der Waals surface area contributed by atoms with Gasteiger partial charge in [0, 0.05) is 12.5 Å². The van der Waals surface area contributed by atoms with E-state index in [1.807, 2.05) is 0 Å². The van der Waals surface area contributed by atoms with Crippen molar-refractivity contribution in [3.8, 4) is 0 Å². The van der Waals surface area contributed by atoms with E-state index in [1.165, 1.54) is 12.8 Å². The standard InChI is InChI=1S/C10H16N2O/c1-2-4-8-7-10(12-13-8)9-5-3-6-11-9/h7,9,11H,2-6H2,1H3. The summed E-state index contributed by atoms with van der Waals surface area (Å²) >= 11 is 0. The van der Waals surface area contributed by atoms with E-state index in [2.05, 4.69) is 23.5 Å². The molecule has 1 fully saturated rings. The van der Waals surface area contributed by atoms with Crippen molar-refractivity contribution in [1.29, 1.82) is 0 Å². The normalized spacial score (nSPS) is 22.4. The fraction of sp³-hybridized carbons (Fsp3) is 0.700. The van der Waals surface area contributed by atoms with Gasteiger partial charge in [0.25, 0.3) is 0 Å². The number of nitrogens with zero attached hydrogens (tertiary/aromatic N) is 1. The first-order valence-corrected chi connectivity index (χ1v) is 5.09. The van der Waals surface area contributed by atoms with Gasteiger partial charge in [0.15, 0.2) is 0 Å². The molecule has 13 heavy (non-hydrogen) atoms. The van der Waals surface area contributed by atoms with Crippen LogP contribution in [0.5, 0.6) is 0 Å². The first-order valence-electron chi connectivity index (χ1n) is 5.09. The van der Waals surface area contributed by atoms with Crippen LogP contribution in [0.25, 0.3) is 0 Å². The van der Waals surface area contributed by atoms with Gasteiger partial charge < -0.3 is 9.84 Å². The molecule has 3 heteroatoms. The lowest BCUT2D eigenvalue weighted by atomic mass is 10.1. The van der Waals surface area contributed by atoms with Gasteiger partial charge in [0.2, 0.25) is 0 Å². The highest BCUT2D eigenvalue weighted by Crippen LogP contribution is 2.22. The molecule has 1 N–H and O–H groups in total. The molecular weight excluding hydrogens is 164 g/mol. The molecule has 1 aliphatic heterocycles. The van der Waals surface area contributed by atoms with Crippen molar-refractivity contribution in [2.45, 2.75) is 38.6 Å². The molecule has 2 heterocycles. The Hall–Kier alpha value is -0.830. The van der Waals surface area contributed by atoms with E-state index >= 15 is 0 Å². The van der Waals surface area contributed by atoms with Gasteiger partial charge in [0.1, 0.15) is 11.5 Å². The quantitative estimate of drug-likeness (QED) is 0.773. The molecule has 0 aromatic carbocycles. The van der Waals surface area contributed by atoms with Crippen LogP contribution in [0.15, 0.2) is 10.6 Å². The molecule has 1 aromatic heterocycles. The summed E-state index contributed by atoms with van der Waals surface area (Å²) in [6.45, 7) is 3.26. The second-order valence-electron chi connectivity index (χ2n) is 3.62. The second-order valence-corrected chi connectivity index (χ2v) is 3.62. The molecule has 0 amide bonds. The van der Waals surface area contributed by atoms with Crippen molar-refractivity contribution in [3.05, 3.63) is 17.5 Å². The largest absolute Gasteiger partial charge is 0.361 e. The summed E-state index contributed by atoms with van der Waals surface area (Å²) in [5.74, 6) is 1.02. The Morgan fingerprint density at radius 3 is 3.31 bits per heavy atom. The van der Waals surface area contributed by atoms with Crippen LogP contribution in [0, 0.1) is 0 Å². The number of rotatable bonds is 3. The SMILES string of the molecule is CCCc1cc(C2CCCN2)no1. The topological polar surface area (TPSA) is 38.1 Å². The Morgan fingerprint density at radius 1 is 1.69 bits per heavy atom. The zero-order valence-corrected chi connectivity index (χ0v) is 8.05. The van der Waals surface area contributed by atoms with Crippen molar-refractivity contribution in [2.75, 3.05) is 6.54 Å². The molecule has 2 rings (SSSR count). The smallest absolute Gasteiger partial charge is 0.137 e. The van der Waals surface area contributed by atoms with E-state index in [0.717, 1.165) is 30.8 Å². The summed E-state index contributed by atoms with van der Waals surface area (Å²) in [6.07, 6.45) is 4.56. The van der Waals surface area contributed by atoms with Gasteiger partial charge in [-0.2, -0.15) is 0 Å². The Morgan fingerprint density at radius 2 is 2.62 bits per heavy atom. The van der Waals surface area contributed by atoms with Gasteiger partial charge in [-0.05, 0) is 25.8 Å². The van der Waals surface area contributed by atoms with Crippen LogP contribution in [0.2, 0.25) is 0 Å². The highest BCUT2D eigenvalue weighted by Gasteiger charge is 2.19. The minimum atomic E-state index is 0.439. The van der Waals surface area contributed by atoms with E-state index in [1.54, 1.807) is 0 Å². The fourth-order valence-electron chi connectivity index (χ4n) is 1.79. The van der Waals surface area contributed by atoms with Gasteiger partial charge in [-0.15, -0.1) is 0 Å². The van der Waals surface area contributed by atoms with E-state index in [0.29, 0.717) is 6.04 Å². The molecule has 1 aliphatic rings. The summed E-state index contributed by atoms with van der Waals surface area (Å²) in [4.78, 5) is 0.